The van der Waals surface area contributed by atoms with E-state index >= 15 is 0 Å². The highest BCUT2D eigenvalue weighted by molar-refractivity contribution is 5.79. The van der Waals surface area contributed by atoms with Crippen LogP contribution in [0.25, 0.3) is 34.8 Å². The fourth-order valence-corrected chi connectivity index (χ4v) is 4.12. The van der Waals surface area contributed by atoms with E-state index in [2.05, 4.69) is 32.0 Å². The van der Waals surface area contributed by atoms with Crippen LogP contribution in [0.5, 0.6) is 5.75 Å². The Morgan fingerprint density at radius 2 is 1.79 bits per heavy atom. The summed E-state index contributed by atoms with van der Waals surface area (Å²) in [7, 11) is 1.68. The number of fused-ring (bicyclic) bond motifs is 2. The van der Waals surface area contributed by atoms with Gasteiger partial charge in [-0.05, 0) is 59.7 Å². The molecule has 0 saturated heterocycles. The lowest BCUT2D eigenvalue weighted by atomic mass is 10.1. The van der Waals surface area contributed by atoms with E-state index in [9.17, 15) is 0 Å². The number of hydrogen-bond donors (Lipinski definition) is 0. The zero-order valence-corrected chi connectivity index (χ0v) is 18.5. The molecular formula is C26H21N7O. The van der Waals surface area contributed by atoms with Crippen molar-refractivity contribution in [3.63, 3.8) is 0 Å². The Bertz CT molecular complexity index is 1520. The third kappa shape index (κ3) is 3.75. The van der Waals surface area contributed by atoms with Gasteiger partial charge in [0.2, 0.25) is 5.95 Å². The summed E-state index contributed by atoms with van der Waals surface area (Å²) in [6, 6.07) is 15.9. The minimum atomic E-state index is 0.555. The van der Waals surface area contributed by atoms with E-state index in [4.69, 9.17) is 14.7 Å². The topological polar surface area (TPSA) is 81.9 Å². The summed E-state index contributed by atoms with van der Waals surface area (Å²) in [5.41, 5.74) is 4.84. The van der Waals surface area contributed by atoms with Crippen molar-refractivity contribution in [3.05, 3.63) is 90.1 Å². The van der Waals surface area contributed by atoms with Crippen molar-refractivity contribution in [3.8, 4) is 17.3 Å². The van der Waals surface area contributed by atoms with Gasteiger partial charge in [-0.15, -0.1) is 0 Å². The van der Waals surface area contributed by atoms with Gasteiger partial charge >= 0.3 is 0 Å². The van der Waals surface area contributed by atoms with Gasteiger partial charge < -0.3 is 14.2 Å². The summed E-state index contributed by atoms with van der Waals surface area (Å²) in [5, 5.41) is 1.09. The molecule has 0 aliphatic carbocycles. The molecule has 6 rings (SSSR count). The molecular weight excluding hydrogens is 426 g/mol. The highest BCUT2D eigenvalue weighted by atomic mass is 16.5. The maximum absolute atomic E-state index is 5.36. The second-order valence-electron chi connectivity index (χ2n) is 7.99. The molecule has 0 N–H and O–H groups in total. The van der Waals surface area contributed by atoms with Gasteiger partial charge in [0.1, 0.15) is 17.1 Å². The van der Waals surface area contributed by atoms with E-state index in [1.807, 2.05) is 59.4 Å². The summed E-state index contributed by atoms with van der Waals surface area (Å²) in [6.45, 7) is 1.49. The second-order valence-corrected chi connectivity index (χ2v) is 7.99. The zero-order chi connectivity index (χ0) is 22.9. The molecule has 8 heteroatoms. The molecule has 5 heterocycles. The van der Waals surface area contributed by atoms with Crippen molar-refractivity contribution in [1.82, 2.24) is 29.5 Å². The van der Waals surface area contributed by atoms with Crippen molar-refractivity contribution >= 4 is 29.3 Å². The van der Waals surface area contributed by atoms with E-state index in [0.29, 0.717) is 17.5 Å². The summed E-state index contributed by atoms with van der Waals surface area (Å²) in [6.07, 6.45) is 11.2. The quantitative estimate of drug-likeness (QED) is 0.394. The molecule has 34 heavy (non-hydrogen) atoms. The number of nitrogens with zero attached hydrogens (tertiary/aromatic N) is 7. The first kappa shape index (κ1) is 20.0. The Hall–Kier alpha value is -4.59. The Morgan fingerprint density at radius 1 is 0.882 bits per heavy atom. The molecule has 166 valence electrons. The lowest BCUT2D eigenvalue weighted by Gasteiger charge is -2.15. The van der Waals surface area contributed by atoms with Crippen molar-refractivity contribution in [1.29, 1.82) is 0 Å². The summed E-state index contributed by atoms with van der Waals surface area (Å²) in [5.74, 6) is 2.07. The average Bonchev–Trinajstić information content (AvgIpc) is 3.51. The van der Waals surface area contributed by atoms with Gasteiger partial charge in [0, 0.05) is 49.5 Å². The Morgan fingerprint density at radius 3 is 2.74 bits per heavy atom. The third-order valence-electron chi connectivity index (χ3n) is 5.85. The minimum absolute atomic E-state index is 0.555. The standard InChI is InChI=1S/C26H21N7O/c1-34-22-5-4-19-16-33(17-20(19)15-22)26-29-12-7-23(31-26)24-27-11-6-21(30-24)9-14-32-13-8-18-3-2-10-28-25(18)32/h2-15H,16-17H2,1H3. The first-order valence-corrected chi connectivity index (χ1v) is 10.9. The predicted molar refractivity (Wildman–Crippen MR) is 131 cm³/mol. The number of benzene rings is 1. The first-order chi connectivity index (χ1) is 16.8. The zero-order valence-electron chi connectivity index (χ0n) is 18.5. The van der Waals surface area contributed by atoms with Crippen molar-refractivity contribution in [2.24, 2.45) is 0 Å². The predicted octanol–water partition coefficient (Wildman–Crippen LogP) is 4.44. The van der Waals surface area contributed by atoms with E-state index in [0.717, 1.165) is 35.6 Å². The molecule has 8 nitrogen and oxygen atoms in total. The second kappa shape index (κ2) is 8.40. The highest BCUT2D eigenvalue weighted by Crippen LogP contribution is 2.29. The van der Waals surface area contributed by atoms with Crippen LogP contribution in [-0.2, 0) is 13.1 Å². The molecule has 0 radical (unpaired) electrons. The molecule has 1 aliphatic heterocycles. The fraction of sp³-hybridized carbons (Fsp3) is 0.115. The van der Waals surface area contributed by atoms with Crippen LogP contribution in [0.3, 0.4) is 0 Å². The largest absolute Gasteiger partial charge is 0.497 e. The number of pyridine rings is 1. The first-order valence-electron chi connectivity index (χ1n) is 10.9. The van der Waals surface area contributed by atoms with Crippen LogP contribution in [0.1, 0.15) is 16.8 Å². The smallest absolute Gasteiger partial charge is 0.226 e. The summed E-state index contributed by atoms with van der Waals surface area (Å²) in [4.78, 5) is 25.0. The van der Waals surface area contributed by atoms with Gasteiger partial charge in [-0.3, -0.25) is 0 Å². The molecule has 0 spiro atoms. The number of ether oxygens (including phenoxy) is 1. The Balaban J connectivity index is 1.25. The van der Waals surface area contributed by atoms with Gasteiger partial charge in [-0.1, -0.05) is 6.07 Å². The molecule has 4 aromatic heterocycles. The van der Waals surface area contributed by atoms with Crippen LogP contribution in [0, 0.1) is 0 Å². The summed E-state index contributed by atoms with van der Waals surface area (Å²) < 4.78 is 7.33. The third-order valence-corrected chi connectivity index (χ3v) is 5.85. The monoisotopic (exact) mass is 447 g/mol. The Kier molecular flexibility index (Phi) is 4.95. The molecule has 0 atom stereocenters. The van der Waals surface area contributed by atoms with E-state index in [1.165, 1.54) is 11.1 Å². The van der Waals surface area contributed by atoms with E-state index in [1.54, 1.807) is 25.7 Å². The number of hydrogen-bond acceptors (Lipinski definition) is 7. The van der Waals surface area contributed by atoms with Crippen LogP contribution >= 0.6 is 0 Å². The van der Waals surface area contributed by atoms with Gasteiger partial charge in [0.25, 0.3) is 0 Å². The van der Waals surface area contributed by atoms with Crippen LogP contribution in [0.15, 0.2) is 73.3 Å². The summed E-state index contributed by atoms with van der Waals surface area (Å²) >= 11 is 0. The van der Waals surface area contributed by atoms with E-state index in [-0.39, 0.29) is 0 Å². The molecule has 0 fully saturated rings. The van der Waals surface area contributed by atoms with Gasteiger partial charge in [0.15, 0.2) is 5.82 Å². The minimum Gasteiger partial charge on any atom is -0.497 e. The van der Waals surface area contributed by atoms with Crippen LogP contribution in [-0.4, -0.2) is 36.6 Å². The lowest BCUT2D eigenvalue weighted by molar-refractivity contribution is 0.414. The molecule has 0 unspecified atom stereocenters. The molecule has 5 aromatic rings. The van der Waals surface area contributed by atoms with Crippen molar-refractivity contribution in [2.75, 3.05) is 12.0 Å². The molecule has 0 bridgehead atoms. The van der Waals surface area contributed by atoms with E-state index < -0.39 is 0 Å². The number of anilines is 1. The van der Waals surface area contributed by atoms with Crippen LogP contribution in [0.2, 0.25) is 0 Å². The fourth-order valence-electron chi connectivity index (χ4n) is 4.12. The normalized spacial score (nSPS) is 13.0. The van der Waals surface area contributed by atoms with Gasteiger partial charge in [-0.2, -0.15) is 0 Å². The van der Waals surface area contributed by atoms with Gasteiger partial charge in [-0.25, -0.2) is 24.9 Å². The van der Waals surface area contributed by atoms with Crippen LogP contribution in [0.4, 0.5) is 5.95 Å². The number of rotatable bonds is 5. The average molecular weight is 448 g/mol. The molecule has 0 saturated carbocycles. The van der Waals surface area contributed by atoms with Crippen molar-refractivity contribution < 1.29 is 4.74 Å². The molecule has 1 aliphatic rings. The maximum atomic E-state index is 5.36. The maximum Gasteiger partial charge on any atom is 0.226 e. The SMILES string of the molecule is COc1ccc2c(c1)CN(c1nccc(-c3nccc(C=Cn4ccc5cccnc54)n3)n1)C2. The van der Waals surface area contributed by atoms with Crippen molar-refractivity contribution in [2.45, 2.75) is 13.1 Å². The Labute approximate surface area is 196 Å². The molecule has 0 amide bonds. The van der Waals surface area contributed by atoms with Gasteiger partial charge in [0.05, 0.1) is 12.8 Å². The molecule has 1 aromatic carbocycles. The number of aromatic nitrogens is 6. The van der Waals surface area contributed by atoms with Crippen LogP contribution < -0.4 is 9.64 Å². The lowest BCUT2D eigenvalue weighted by Crippen LogP contribution is -2.17. The highest BCUT2D eigenvalue weighted by Gasteiger charge is 2.22. The number of methoxy groups -OCH3 is 1.